The van der Waals surface area contributed by atoms with Crippen molar-refractivity contribution >= 4 is 40.8 Å². The fraction of sp³-hybridized carbons (Fsp3) is 0.462. The van der Waals surface area contributed by atoms with Gasteiger partial charge in [-0.1, -0.05) is 11.6 Å². The lowest BCUT2D eigenvalue weighted by atomic mass is 9.71. The number of aliphatic carboxylic acids is 1. The first-order valence-electron chi connectivity index (χ1n) is 6.29. The van der Waals surface area contributed by atoms with Crippen LogP contribution in [0.1, 0.15) is 22.5 Å². The van der Waals surface area contributed by atoms with Crippen molar-refractivity contribution in [1.29, 1.82) is 0 Å². The van der Waals surface area contributed by atoms with Gasteiger partial charge in [-0.3, -0.25) is 9.59 Å². The van der Waals surface area contributed by atoms with Crippen molar-refractivity contribution in [1.82, 2.24) is 5.32 Å². The van der Waals surface area contributed by atoms with E-state index in [1.54, 1.807) is 12.1 Å². The molecule has 2 N–H and O–H groups in total. The zero-order valence-corrected chi connectivity index (χ0v) is 12.7. The number of rotatable bonds is 5. The number of carbonyl (C=O) groups excluding carboxylic acids is 2. The molecular weight excluding hydrogens is 318 g/mol. The lowest BCUT2D eigenvalue weighted by Crippen LogP contribution is -2.51. The second-order valence-electron chi connectivity index (χ2n) is 4.84. The largest absolute Gasteiger partial charge is 0.481 e. The molecule has 2 rings (SSSR count). The van der Waals surface area contributed by atoms with Crippen molar-refractivity contribution < 1.29 is 24.2 Å². The molecule has 0 aliphatic heterocycles. The second kappa shape index (κ2) is 6.44. The Bertz CT molecular complexity index is 567. The fourth-order valence-corrected chi connectivity index (χ4v) is 3.23. The highest BCUT2D eigenvalue weighted by Gasteiger charge is 2.43. The van der Waals surface area contributed by atoms with Crippen molar-refractivity contribution in [2.24, 2.45) is 11.8 Å². The molecule has 0 bridgehead atoms. The molecule has 1 unspecified atom stereocenters. The van der Waals surface area contributed by atoms with Gasteiger partial charge in [0, 0.05) is 0 Å². The Balaban J connectivity index is 2.02. The van der Waals surface area contributed by atoms with Gasteiger partial charge in [0.05, 0.1) is 22.2 Å². The van der Waals surface area contributed by atoms with E-state index >= 15 is 0 Å². The summed E-state index contributed by atoms with van der Waals surface area (Å²) < 4.78 is 5.16. The number of carboxylic acid groups (broad SMARTS) is 1. The van der Waals surface area contributed by atoms with Crippen LogP contribution in [0.3, 0.4) is 0 Å². The van der Waals surface area contributed by atoms with Gasteiger partial charge in [-0.25, -0.2) is 4.79 Å². The normalized spacial score (nSPS) is 22.0. The van der Waals surface area contributed by atoms with Crippen molar-refractivity contribution in [2.45, 2.75) is 18.9 Å². The summed E-state index contributed by atoms with van der Waals surface area (Å²) >= 11 is 6.87. The van der Waals surface area contributed by atoms with Gasteiger partial charge in [-0.15, -0.1) is 11.3 Å². The Morgan fingerprint density at radius 2 is 2.10 bits per heavy atom. The van der Waals surface area contributed by atoms with Crippen molar-refractivity contribution in [2.75, 3.05) is 7.11 Å². The lowest BCUT2D eigenvalue weighted by Gasteiger charge is -2.36. The summed E-state index contributed by atoms with van der Waals surface area (Å²) in [5.41, 5.74) is 0. The molecule has 1 aliphatic rings. The summed E-state index contributed by atoms with van der Waals surface area (Å²) in [6.45, 7) is 0. The van der Waals surface area contributed by atoms with Crippen LogP contribution in [0.15, 0.2) is 12.1 Å². The van der Waals surface area contributed by atoms with Gasteiger partial charge < -0.3 is 15.2 Å². The van der Waals surface area contributed by atoms with Gasteiger partial charge in [-0.05, 0) is 30.9 Å². The minimum atomic E-state index is -0.883. The molecule has 1 aromatic heterocycles. The van der Waals surface area contributed by atoms with E-state index in [2.05, 4.69) is 10.1 Å². The number of esters is 1. The Morgan fingerprint density at radius 3 is 2.57 bits per heavy atom. The number of halogens is 1. The second-order valence-corrected chi connectivity index (χ2v) is 6.56. The summed E-state index contributed by atoms with van der Waals surface area (Å²) in [7, 11) is 1.23. The van der Waals surface area contributed by atoms with Crippen LogP contribution in [0.25, 0.3) is 0 Å². The van der Waals surface area contributed by atoms with Gasteiger partial charge in [0.2, 0.25) is 0 Å². The van der Waals surface area contributed by atoms with Crippen LogP contribution in [0.4, 0.5) is 0 Å². The molecule has 0 radical (unpaired) electrons. The molecule has 1 fully saturated rings. The minimum Gasteiger partial charge on any atom is -0.481 e. The summed E-state index contributed by atoms with van der Waals surface area (Å²) in [6.07, 6.45) is 0.696. The molecule has 1 aliphatic carbocycles. The zero-order valence-electron chi connectivity index (χ0n) is 11.2. The number of ether oxygens (including phenoxy) is 1. The molecule has 1 atom stereocenters. The number of nitrogens with one attached hydrogen (secondary N) is 1. The third-order valence-corrected chi connectivity index (χ3v) is 4.76. The molecule has 1 saturated carbocycles. The van der Waals surface area contributed by atoms with E-state index in [1.165, 1.54) is 7.11 Å². The molecule has 1 amide bonds. The summed E-state index contributed by atoms with van der Waals surface area (Å²) in [5, 5.41) is 11.5. The number of hydrogen-bond acceptors (Lipinski definition) is 5. The maximum Gasteiger partial charge on any atom is 0.328 e. The summed E-state index contributed by atoms with van der Waals surface area (Å²) in [5.74, 6) is -2.56. The third kappa shape index (κ3) is 3.54. The number of methoxy groups -OCH3 is 1. The molecule has 0 saturated heterocycles. The quantitative estimate of drug-likeness (QED) is 0.802. The molecular formula is C13H14ClNO5S. The first-order chi connectivity index (χ1) is 9.92. The maximum atomic E-state index is 12.1. The first kappa shape index (κ1) is 15.8. The van der Waals surface area contributed by atoms with Gasteiger partial charge >= 0.3 is 11.9 Å². The molecule has 8 heteroatoms. The Morgan fingerprint density at radius 1 is 1.43 bits per heavy atom. The molecule has 1 heterocycles. The molecule has 0 aromatic carbocycles. The highest BCUT2D eigenvalue weighted by molar-refractivity contribution is 7.18. The average molecular weight is 332 g/mol. The fourth-order valence-electron chi connectivity index (χ4n) is 2.28. The van der Waals surface area contributed by atoms with Gasteiger partial charge in [-0.2, -0.15) is 0 Å². The van der Waals surface area contributed by atoms with E-state index in [9.17, 15) is 14.4 Å². The Kier molecular flexibility index (Phi) is 4.84. The molecule has 6 nitrogen and oxygen atoms in total. The molecule has 114 valence electrons. The summed E-state index contributed by atoms with van der Waals surface area (Å²) in [6, 6.07) is 2.33. The van der Waals surface area contributed by atoms with Crippen LogP contribution in [0.5, 0.6) is 0 Å². The molecule has 21 heavy (non-hydrogen) atoms. The number of amides is 1. The molecule has 1 aromatic rings. The number of hydrogen-bond donors (Lipinski definition) is 2. The van der Waals surface area contributed by atoms with Gasteiger partial charge in [0.15, 0.2) is 0 Å². The highest BCUT2D eigenvalue weighted by Crippen LogP contribution is 2.37. The lowest BCUT2D eigenvalue weighted by molar-refractivity contribution is -0.152. The van der Waals surface area contributed by atoms with Crippen molar-refractivity contribution in [3.63, 3.8) is 0 Å². The average Bonchev–Trinajstić information content (AvgIpc) is 2.81. The first-order valence-corrected chi connectivity index (χ1v) is 7.48. The Hall–Kier alpha value is -1.60. The van der Waals surface area contributed by atoms with E-state index in [-0.39, 0.29) is 5.92 Å². The van der Waals surface area contributed by atoms with Gasteiger partial charge in [0.1, 0.15) is 6.04 Å². The number of carboxylic acids is 1. The van der Waals surface area contributed by atoms with E-state index < -0.39 is 29.8 Å². The number of carbonyl (C=O) groups is 3. The highest BCUT2D eigenvalue weighted by atomic mass is 35.5. The van der Waals surface area contributed by atoms with Gasteiger partial charge in [0.25, 0.3) is 5.91 Å². The Labute approximate surface area is 130 Å². The van der Waals surface area contributed by atoms with Crippen LogP contribution in [-0.4, -0.2) is 36.1 Å². The van der Waals surface area contributed by atoms with Crippen LogP contribution >= 0.6 is 22.9 Å². The summed E-state index contributed by atoms with van der Waals surface area (Å²) in [4.78, 5) is 35.1. The topological polar surface area (TPSA) is 92.7 Å². The van der Waals surface area contributed by atoms with Crippen LogP contribution < -0.4 is 5.32 Å². The maximum absolute atomic E-state index is 12.1. The standard InChI is InChI=1S/C13H14ClNO5S/c1-20-13(19)10(6-4-7(5-6)12(17)18)15-11(16)8-2-3-9(14)21-8/h2-3,6-7,10H,4-5H2,1H3,(H,15,16)(H,17,18). The third-order valence-electron chi connectivity index (χ3n) is 3.53. The van der Waals surface area contributed by atoms with Crippen molar-refractivity contribution in [3.8, 4) is 0 Å². The van der Waals surface area contributed by atoms with Crippen molar-refractivity contribution in [3.05, 3.63) is 21.3 Å². The van der Waals surface area contributed by atoms with E-state index in [0.717, 1.165) is 11.3 Å². The van der Waals surface area contributed by atoms with E-state index in [1.807, 2.05) is 0 Å². The van der Waals surface area contributed by atoms with E-state index in [0.29, 0.717) is 22.1 Å². The predicted octanol–water partition coefficient (Wildman–Crippen LogP) is 1.78. The van der Waals surface area contributed by atoms with E-state index in [4.69, 9.17) is 16.7 Å². The SMILES string of the molecule is COC(=O)C(NC(=O)c1ccc(Cl)s1)C1CC(C(=O)O)C1. The molecule has 0 spiro atoms. The predicted molar refractivity (Wildman–Crippen MR) is 76.4 cm³/mol. The van der Waals surface area contributed by atoms with Crippen LogP contribution in [0.2, 0.25) is 4.34 Å². The monoisotopic (exact) mass is 331 g/mol. The number of thiophene rings is 1. The van der Waals surface area contributed by atoms with Crippen LogP contribution in [-0.2, 0) is 14.3 Å². The smallest absolute Gasteiger partial charge is 0.328 e. The zero-order chi connectivity index (χ0) is 15.6. The minimum absolute atomic E-state index is 0.224. The van der Waals surface area contributed by atoms with Crippen LogP contribution in [0, 0.1) is 11.8 Å².